The summed E-state index contributed by atoms with van der Waals surface area (Å²) in [6, 6.07) is 10.4. The number of piperidine rings is 1. The number of carbonyl (C=O) groups is 1. The third-order valence-corrected chi connectivity index (χ3v) is 6.48. The summed E-state index contributed by atoms with van der Waals surface area (Å²) in [5.41, 5.74) is 0.705. The van der Waals surface area contributed by atoms with Crippen LogP contribution in [0.4, 0.5) is 0 Å². The van der Waals surface area contributed by atoms with Crippen LogP contribution in [0.2, 0.25) is 0 Å². The van der Waals surface area contributed by atoms with Crippen LogP contribution in [0, 0.1) is 22.7 Å². The van der Waals surface area contributed by atoms with E-state index in [1.165, 1.54) is 9.21 Å². The molecule has 1 aliphatic rings. The predicted octanol–water partition coefficient (Wildman–Crippen LogP) is 2.06. The number of hydrogen-bond acceptors (Lipinski definition) is 5. The number of benzene rings is 1. The van der Waals surface area contributed by atoms with Gasteiger partial charge in [0.05, 0.1) is 36.3 Å². The van der Waals surface area contributed by atoms with E-state index in [1.54, 1.807) is 24.3 Å². The van der Waals surface area contributed by atoms with E-state index >= 15 is 0 Å². The maximum atomic E-state index is 12.7. The number of carbonyl (C=O) groups excluding carboxylic acids is 1. The molecule has 0 bridgehead atoms. The van der Waals surface area contributed by atoms with Gasteiger partial charge >= 0.3 is 0 Å². The lowest BCUT2D eigenvalue weighted by atomic mass is 10.1. The van der Waals surface area contributed by atoms with E-state index < -0.39 is 10.0 Å². The standard InChI is InChI=1S/C19H24N4O3S/c20-10-4-12-22(13-5-11-21)19(24)16-17-6-8-18(9-7-17)27(25,26)23-14-2-1-3-15-23/h6-9H,1-5,12-16H2. The molecular weight excluding hydrogens is 364 g/mol. The molecule has 0 aliphatic carbocycles. The molecule has 1 aromatic carbocycles. The fourth-order valence-corrected chi connectivity index (χ4v) is 4.57. The van der Waals surface area contributed by atoms with Crippen LogP contribution in [0.1, 0.15) is 37.7 Å². The average Bonchev–Trinajstić information content (AvgIpc) is 2.69. The minimum atomic E-state index is -3.48. The van der Waals surface area contributed by atoms with E-state index in [1.807, 2.05) is 12.1 Å². The highest BCUT2D eigenvalue weighted by molar-refractivity contribution is 7.89. The molecule has 1 fully saturated rings. The highest BCUT2D eigenvalue weighted by Crippen LogP contribution is 2.21. The van der Waals surface area contributed by atoms with Crippen LogP contribution >= 0.6 is 0 Å². The summed E-state index contributed by atoms with van der Waals surface area (Å²) in [4.78, 5) is 14.2. The molecule has 144 valence electrons. The Bertz CT molecular complexity index is 798. The number of nitriles is 2. The van der Waals surface area contributed by atoms with E-state index in [0.717, 1.165) is 19.3 Å². The Hall–Kier alpha value is -2.42. The van der Waals surface area contributed by atoms with Crippen molar-refractivity contribution in [1.29, 1.82) is 10.5 Å². The topological polar surface area (TPSA) is 105 Å². The molecule has 1 aromatic rings. The molecule has 0 radical (unpaired) electrons. The number of rotatable bonds is 8. The van der Waals surface area contributed by atoms with Gasteiger partial charge in [-0.05, 0) is 30.5 Å². The Balaban J connectivity index is 2.04. The van der Waals surface area contributed by atoms with Crippen molar-refractivity contribution in [3.8, 4) is 12.1 Å². The zero-order chi connectivity index (χ0) is 19.7. The van der Waals surface area contributed by atoms with Crippen LogP contribution in [-0.2, 0) is 21.2 Å². The first-order valence-electron chi connectivity index (χ1n) is 9.10. The second-order valence-electron chi connectivity index (χ2n) is 6.48. The normalized spacial score (nSPS) is 14.9. The molecular formula is C19H24N4O3S. The quantitative estimate of drug-likeness (QED) is 0.678. The van der Waals surface area contributed by atoms with Crippen molar-refractivity contribution in [1.82, 2.24) is 9.21 Å². The SMILES string of the molecule is N#CCCN(CCC#N)C(=O)Cc1ccc(S(=O)(=O)N2CCCCC2)cc1. The minimum absolute atomic E-state index is 0.112. The van der Waals surface area contributed by atoms with Crippen LogP contribution in [-0.4, -0.2) is 49.7 Å². The number of amides is 1. The molecule has 1 saturated heterocycles. The third-order valence-electron chi connectivity index (χ3n) is 4.57. The molecule has 0 spiro atoms. The van der Waals surface area contributed by atoms with Crippen molar-refractivity contribution in [2.24, 2.45) is 0 Å². The molecule has 1 aliphatic heterocycles. The Morgan fingerprint density at radius 1 is 1.00 bits per heavy atom. The van der Waals surface area contributed by atoms with Gasteiger partial charge in [-0.1, -0.05) is 18.6 Å². The first kappa shape index (κ1) is 20.9. The summed E-state index contributed by atoms with van der Waals surface area (Å²) >= 11 is 0. The molecule has 27 heavy (non-hydrogen) atoms. The maximum Gasteiger partial charge on any atom is 0.243 e. The molecule has 0 atom stereocenters. The lowest BCUT2D eigenvalue weighted by Crippen LogP contribution is -2.35. The zero-order valence-electron chi connectivity index (χ0n) is 15.3. The molecule has 1 heterocycles. The summed E-state index contributed by atoms with van der Waals surface area (Å²) in [5, 5.41) is 17.4. The molecule has 0 unspecified atom stereocenters. The van der Waals surface area contributed by atoms with E-state index in [-0.39, 0.29) is 30.1 Å². The Labute approximate surface area is 160 Å². The summed E-state index contributed by atoms with van der Waals surface area (Å²) in [5.74, 6) is -0.174. The summed E-state index contributed by atoms with van der Waals surface area (Å²) in [6.45, 7) is 1.68. The van der Waals surface area contributed by atoms with E-state index in [0.29, 0.717) is 31.7 Å². The van der Waals surface area contributed by atoms with Crippen LogP contribution < -0.4 is 0 Å². The average molecular weight is 388 g/mol. The largest absolute Gasteiger partial charge is 0.340 e. The first-order valence-corrected chi connectivity index (χ1v) is 10.5. The highest BCUT2D eigenvalue weighted by atomic mass is 32.2. The lowest BCUT2D eigenvalue weighted by molar-refractivity contribution is -0.130. The van der Waals surface area contributed by atoms with Gasteiger partial charge in [-0.15, -0.1) is 0 Å². The van der Waals surface area contributed by atoms with Gasteiger partial charge in [0.15, 0.2) is 0 Å². The Kier molecular flexibility index (Phi) is 7.78. The lowest BCUT2D eigenvalue weighted by Gasteiger charge is -2.26. The summed E-state index contributed by atoms with van der Waals surface area (Å²) in [6.07, 6.45) is 3.36. The molecule has 0 N–H and O–H groups in total. The fraction of sp³-hybridized carbons (Fsp3) is 0.526. The molecule has 0 saturated carbocycles. The number of hydrogen-bond donors (Lipinski definition) is 0. The Morgan fingerprint density at radius 2 is 1.56 bits per heavy atom. The second-order valence-corrected chi connectivity index (χ2v) is 8.42. The highest BCUT2D eigenvalue weighted by Gasteiger charge is 2.25. The van der Waals surface area contributed by atoms with Gasteiger partial charge in [0.1, 0.15) is 0 Å². The van der Waals surface area contributed by atoms with E-state index in [9.17, 15) is 13.2 Å². The smallest absolute Gasteiger partial charge is 0.243 e. The van der Waals surface area contributed by atoms with Crippen molar-refractivity contribution < 1.29 is 13.2 Å². The monoisotopic (exact) mass is 388 g/mol. The summed E-state index contributed by atoms with van der Waals surface area (Å²) in [7, 11) is -3.48. The van der Waals surface area contributed by atoms with Gasteiger partial charge in [0.25, 0.3) is 0 Å². The number of sulfonamides is 1. The zero-order valence-corrected chi connectivity index (χ0v) is 16.1. The van der Waals surface area contributed by atoms with Crippen LogP contribution in [0.15, 0.2) is 29.2 Å². The van der Waals surface area contributed by atoms with Crippen molar-refractivity contribution in [3.05, 3.63) is 29.8 Å². The fourth-order valence-electron chi connectivity index (χ4n) is 3.05. The third kappa shape index (κ3) is 5.78. The minimum Gasteiger partial charge on any atom is -0.340 e. The van der Waals surface area contributed by atoms with Crippen molar-refractivity contribution in [3.63, 3.8) is 0 Å². The van der Waals surface area contributed by atoms with E-state index in [2.05, 4.69) is 0 Å². The molecule has 8 heteroatoms. The van der Waals surface area contributed by atoms with Gasteiger partial charge in [-0.25, -0.2) is 8.42 Å². The molecule has 7 nitrogen and oxygen atoms in total. The van der Waals surface area contributed by atoms with Crippen LogP contribution in [0.3, 0.4) is 0 Å². The van der Waals surface area contributed by atoms with Gasteiger partial charge in [0, 0.05) is 26.2 Å². The van der Waals surface area contributed by atoms with Crippen molar-refractivity contribution in [2.75, 3.05) is 26.2 Å². The van der Waals surface area contributed by atoms with Crippen molar-refractivity contribution in [2.45, 2.75) is 43.4 Å². The van der Waals surface area contributed by atoms with Crippen LogP contribution in [0.25, 0.3) is 0 Å². The van der Waals surface area contributed by atoms with E-state index in [4.69, 9.17) is 10.5 Å². The van der Waals surface area contributed by atoms with Gasteiger partial charge < -0.3 is 4.90 Å². The Morgan fingerprint density at radius 3 is 2.07 bits per heavy atom. The van der Waals surface area contributed by atoms with Crippen molar-refractivity contribution >= 4 is 15.9 Å². The predicted molar refractivity (Wildman–Crippen MR) is 99.8 cm³/mol. The van der Waals surface area contributed by atoms with Gasteiger partial charge in [-0.3, -0.25) is 4.79 Å². The van der Waals surface area contributed by atoms with Crippen LogP contribution in [0.5, 0.6) is 0 Å². The summed E-state index contributed by atoms with van der Waals surface area (Å²) < 4.78 is 26.8. The molecule has 1 amide bonds. The maximum absolute atomic E-state index is 12.7. The second kappa shape index (κ2) is 10.1. The van der Waals surface area contributed by atoms with Gasteiger partial charge in [-0.2, -0.15) is 14.8 Å². The number of nitrogens with zero attached hydrogens (tertiary/aromatic N) is 4. The van der Waals surface area contributed by atoms with Gasteiger partial charge in [0.2, 0.25) is 15.9 Å². The molecule has 0 aromatic heterocycles. The first-order chi connectivity index (χ1) is 13.0. The molecule has 2 rings (SSSR count).